The number of Topliss-reactive ketones (excluding diaryl/α,β-unsaturated/α-hetero) is 1. The number of nitrogens with zero attached hydrogens (tertiary/aromatic N) is 4. The van der Waals surface area contributed by atoms with Crippen LogP contribution in [0, 0.1) is 0 Å². The molecule has 0 aliphatic rings. The number of methoxy groups -OCH3 is 1. The summed E-state index contributed by atoms with van der Waals surface area (Å²) >= 11 is 0. The van der Waals surface area contributed by atoms with Crippen LogP contribution in [-0.2, 0) is 19.5 Å². The summed E-state index contributed by atoms with van der Waals surface area (Å²) in [6, 6.07) is 22.2. The molecular weight excluding hydrogens is 510 g/mol. The van der Waals surface area contributed by atoms with E-state index in [4.69, 9.17) is 4.74 Å². The van der Waals surface area contributed by atoms with Gasteiger partial charge in [0.2, 0.25) is 0 Å². The quantitative estimate of drug-likeness (QED) is 0.248. The Balaban J connectivity index is 1.39. The summed E-state index contributed by atoms with van der Waals surface area (Å²) < 4.78 is 12.7. The van der Waals surface area contributed by atoms with Crippen molar-refractivity contribution in [1.29, 1.82) is 0 Å². The Morgan fingerprint density at radius 3 is 2.35 bits per heavy atom. The molecule has 5 aromatic rings. The Labute approximate surface area is 229 Å². The Morgan fingerprint density at radius 1 is 0.975 bits per heavy atom. The summed E-state index contributed by atoms with van der Waals surface area (Å²) in [7, 11) is 1.56. The van der Waals surface area contributed by atoms with Crippen molar-refractivity contribution in [2.45, 2.75) is 39.3 Å². The number of carbonyl (C=O) groups is 1. The standard InChI is InChI=1S/C30H29N5O5/c1-3-4-9-27-32-35(19-26(36)22-14-16-23(39-2)17-15-22)30(38)34(27)18-20-10-12-21(13-11-20)24-7-5-6-8-25(24)28-31-29(37)40-33-28/h5-8,10-17H,3-4,9,18-19H2,1-2H3,(H,31,33,37). The minimum absolute atomic E-state index is 0.142. The molecule has 0 spiro atoms. The smallest absolute Gasteiger partial charge is 0.439 e. The molecule has 2 heterocycles. The zero-order valence-electron chi connectivity index (χ0n) is 22.3. The summed E-state index contributed by atoms with van der Waals surface area (Å²) in [5.41, 5.74) is 3.62. The van der Waals surface area contributed by atoms with Crippen molar-refractivity contribution in [1.82, 2.24) is 24.5 Å². The predicted octanol–water partition coefficient (Wildman–Crippen LogP) is 4.34. The molecule has 0 aliphatic heterocycles. The maximum absolute atomic E-state index is 13.4. The highest BCUT2D eigenvalue weighted by Gasteiger charge is 2.17. The number of carbonyl (C=O) groups excluding carboxylic acids is 1. The molecular formula is C30H29N5O5. The third kappa shape index (κ3) is 5.70. The first kappa shape index (κ1) is 26.6. The summed E-state index contributed by atoms with van der Waals surface area (Å²) in [6.07, 6.45) is 2.47. The summed E-state index contributed by atoms with van der Waals surface area (Å²) in [6.45, 7) is 2.27. The lowest BCUT2D eigenvalue weighted by Crippen LogP contribution is -2.28. The number of hydrogen-bond acceptors (Lipinski definition) is 7. The molecule has 0 fully saturated rings. The van der Waals surface area contributed by atoms with Crippen LogP contribution in [0.4, 0.5) is 0 Å². The molecule has 0 bridgehead atoms. The second kappa shape index (κ2) is 11.8. The number of rotatable bonds is 11. The van der Waals surface area contributed by atoms with Gasteiger partial charge < -0.3 is 4.74 Å². The van der Waals surface area contributed by atoms with Gasteiger partial charge >= 0.3 is 11.4 Å². The molecule has 3 aromatic carbocycles. The predicted molar refractivity (Wildman–Crippen MR) is 150 cm³/mol. The van der Waals surface area contributed by atoms with Crippen LogP contribution in [0.1, 0.15) is 41.5 Å². The molecule has 10 nitrogen and oxygen atoms in total. The van der Waals surface area contributed by atoms with Crippen LogP contribution in [0.2, 0.25) is 0 Å². The van der Waals surface area contributed by atoms with Gasteiger partial charge in [0.1, 0.15) is 18.1 Å². The second-order valence-corrected chi connectivity index (χ2v) is 9.38. The minimum atomic E-state index is -0.615. The fourth-order valence-electron chi connectivity index (χ4n) is 4.53. The fourth-order valence-corrected chi connectivity index (χ4v) is 4.53. The van der Waals surface area contributed by atoms with Gasteiger partial charge in [-0.05, 0) is 47.4 Å². The van der Waals surface area contributed by atoms with Crippen LogP contribution in [0.3, 0.4) is 0 Å². The van der Waals surface area contributed by atoms with Crippen molar-refractivity contribution in [3.63, 3.8) is 0 Å². The van der Waals surface area contributed by atoms with Crippen LogP contribution in [0.15, 0.2) is 86.9 Å². The molecule has 0 saturated heterocycles. The van der Waals surface area contributed by atoms with Crippen LogP contribution in [-0.4, -0.2) is 37.4 Å². The average molecular weight is 540 g/mol. The molecule has 0 aliphatic carbocycles. The molecule has 0 atom stereocenters. The van der Waals surface area contributed by atoms with E-state index in [-0.39, 0.29) is 18.0 Å². The third-order valence-electron chi connectivity index (χ3n) is 6.69. The van der Waals surface area contributed by atoms with E-state index in [0.717, 1.165) is 35.1 Å². The van der Waals surface area contributed by atoms with Crippen molar-refractivity contribution in [2.24, 2.45) is 0 Å². The first-order chi connectivity index (χ1) is 19.5. The summed E-state index contributed by atoms with van der Waals surface area (Å²) in [5, 5.41) is 8.35. The van der Waals surface area contributed by atoms with Crippen molar-refractivity contribution in [3.8, 4) is 28.3 Å². The molecule has 40 heavy (non-hydrogen) atoms. The Hall–Kier alpha value is -4.99. The number of aromatic amines is 1. The maximum Gasteiger partial charge on any atom is 0.439 e. The largest absolute Gasteiger partial charge is 0.497 e. The number of unbranched alkanes of at least 4 members (excludes halogenated alkanes) is 1. The molecule has 10 heteroatoms. The van der Waals surface area contributed by atoms with E-state index in [0.29, 0.717) is 35.9 Å². The molecule has 1 N–H and O–H groups in total. The van der Waals surface area contributed by atoms with Gasteiger partial charge in [-0.1, -0.05) is 67.0 Å². The zero-order valence-corrected chi connectivity index (χ0v) is 22.3. The molecule has 0 radical (unpaired) electrons. The third-order valence-corrected chi connectivity index (χ3v) is 6.69. The van der Waals surface area contributed by atoms with E-state index >= 15 is 0 Å². The van der Waals surface area contributed by atoms with Crippen molar-refractivity contribution >= 4 is 5.78 Å². The number of aromatic nitrogens is 5. The SMILES string of the molecule is CCCCc1nn(CC(=O)c2ccc(OC)cc2)c(=O)n1Cc1ccc(-c2ccccc2-c2noc(=O)[nH]2)cc1. The number of ketones is 1. The number of aryl methyl sites for hydroxylation is 1. The average Bonchev–Trinajstić information content (AvgIpc) is 3.55. The number of nitrogens with one attached hydrogen (secondary N) is 1. The van der Waals surface area contributed by atoms with E-state index in [2.05, 4.69) is 26.7 Å². The molecule has 2 aromatic heterocycles. The Kier molecular flexibility index (Phi) is 7.86. The number of H-pyrrole nitrogens is 1. The number of hydrogen-bond donors (Lipinski definition) is 1. The van der Waals surface area contributed by atoms with Crippen molar-refractivity contribution in [2.75, 3.05) is 7.11 Å². The van der Waals surface area contributed by atoms with E-state index < -0.39 is 5.76 Å². The zero-order chi connectivity index (χ0) is 28.1. The van der Waals surface area contributed by atoms with Gasteiger partial charge in [0, 0.05) is 17.5 Å². The first-order valence-electron chi connectivity index (χ1n) is 13.0. The monoisotopic (exact) mass is 539 g/mol. The van der Waals surface area contributed by atoms with Gasteiger partial charge in [-0.25, -0.2) is 14.3 Å². The summed E-state index contributed by atoms with van der Waals surface area (Å²) in [5.74, 6) is 0.846. The lowest BCUT2D eigenvalue weighted by atomic mass is 9.98. The Morgan fingerprint density at radius 2 is 1.70 bits per heavy atom. The van der Waals surface area contributed by atoms with E-state index in [1.807, 2.05) is 48.5 Å². The van der Waals surface area contributed by atoms with Crippen molar-refractivity contribution < 1.29 is 14.1 Å². The van der Waals surface area contributed by atoms with E-state index in [1.165, 1.54) is 4.68 Å². The van der Waals surface area contributed by atoms with Crippen LogP contribution in [0.25, 0.3) is 22.5 Å². The van der Waals surface area contributed by atoms with Gasteiger partial charge in [-0.15, -0.1) is 0 Å². The molecule has 0 unspecified atom stereocenters. The highest BCUT2D eigenvalue weighted by Crippen LogP contribution is 2.30. The number of ether oxygens (including phenoxy) is 1. The van der Waals surface area contributed by atoms with Crippen LogP contribution < -0.4 is 16.2 Å². The molecule has 0 saturated carbocycles. The normalized spacial score (nSPS) is 11.1. The highest BCUT2D eigenvalue weighted by atomic mass is 16.5. The van der Waals surface area contributed by atoms with Gasteiger partial charge in [-0.3, -0.25) is 18.9 Å². The van der Waals surface area contributed by atoms with E-state index in [9.17, 15) is 14.4 Å². The lowest BCUT2D eigenvalue weighted by molar-refractivity contribution is 0.0966. The van der Waals surface area contributed by atoms with Crippen LogP contribution in [0.5, 0.6) is 5.75 Å². The topological polar surface area (TPSA) is 125 Å². The molecule has 0 amide bonds. The molecule has 5 rings (SSSR count). The van der Waals surface area contributed by atoms with Gasteiger partial charge in [0.15, 0.2) is 11.6 Å². The number of benzene rings is 3. The first-order valence-corrected chi connectivity index (χ1v) is 13.0. The minimum Gasteiger partial charge on any atom is -0.497 e. The second-order valence-electron chi connectivity index (χ2n) is 9.38. The highest BCUT2D eigenvalue weighted by molar-refractivity contribution is 5.95. The van der Waals surface area contributed by atoms with Gasteiger partial charge in [-0.2, -0.15) is 5.10 Å². The van der Waals surface area contributed by atoms with E-state index in [1.54, 1.807) is 35.9 Å². The Bertz CT molecular complexity index is 1730. The van der Waals surface area contributed by atoms with Gasteiger partial charge in [0.25, 0.3) is 0 Å². The maximum atomic E-state index is 13.4. The summed E-state index contributed by atoms with van der Waals surface area (Å²) in [4.78, 5) is 40.3. The van der Waals surface area contributed by atoms with Crippen molar-refractivity contribution in [3.05, 3.63) is 111 Å². The fraction of sp³-hybridized carbons (Fsp3) is 0.233. The van der Waals surface area contributed by atoms with Gasteiger partial charge in [0.05, 0.1) is 13.7 Å². The lowest BCUT2D eigenvalue weighted by Gasteiger charge is -2.09. The molecule has 204 valence electrons. The van der Waals surface area contributed by atoms with Crippen LogP contribution >= 0.6 is 0 Å².